The number of methoxy groups -OCH3 is 1. The number of nitrogens with zero attached hydrogens (tertiary/aromatic N) is 4. The van der Waals surface area contributed by atoms with Crippen molar-refractivity contribution in [2.75, 3.05) is 44.6 Å². The third-order valence-corrected chi connectivity index (χ3v) is 7.83. The number of amides is 1. The number of imidazole rings is 1. The molecule has 1 unspecified atom stereocenters. The van der Waals surface area contributed by atoms with Crippen molar-refractivity contribution in [3.63, 3.8) is 0 Å². The first-order chi connectivity index (χ1) is 18.1. The van der Waals surface area contributed by atoms with Crippen LogP contribution in [0.4, 0.5) is 11.6 Å². The van der Waals surface area contributed by atoms with Gasteiger partial charge in [-0.05, 0) is 48.3 Å². The summed E-state index contributed by atoms with van der Waals surface area (Å²) in [4.78, 5) is 30.7. The second kappa shape index (κ2) is 13.3. The molecule has 0 aliphatic heterocycles. The van der Waals surface area contributed by atoms with E-state index in [9.17, 15) is 14.3 Å². The van der Waals surface area contributed by atoms with Crippen LogP contribution in [0.1, 0.15) is 36.6 Å². The number of halogens is 1. The summed E-state index contributed by atoms with van der Waals surface area (Å²) in [6, 6.07) is 5.70. The summed E-state index contributed by atoms with van der Waals surface area (Å²) in [6.45, 7) is 5.98. The van der Waals surface area contributed by atoms with Gasteiger partial charge in [-0.1, -0.05) is 0 Å². The van der Waals surface area contributed by atoms with Gasteiger partial charge in [0.2, 0.25) is 0 Å². The lowest BCUT2D eigenvalue weighted by molar-refractivity contribution is -0.681. The highest BCUT2D eigenvalue weighted by atomic mass is 79.9. The van der Waals surface area contributed by atoms with Crippen molar-refractivity contribution in [3.8, 4) is 5.75 Å². The van der Waals surface area contributed by atoms with E-state index < -0.39 is 13.5 Å². The largest absolute Gasteiger partial charge is 0.493 e. The molecule has 0 radical (unpaired) electrons. The maximum Gasteiger partial charge on any atom is 0.328 e. The van der Waals surface area contributed by atoms with E-state index in [2.05, 4.69) is 40.3 Å². The van der Waals surface area contributed by atoms with E-state index in [1.165, 1.54) is 0 Å². The highest BCUT2D eigenvalue weighted by molar-refractivity contribution is 9.10. The molecular weight excluding hydrogens is 581 g/mol. The van der Waals surface area contributed by atoms with Gasteiger partial charge in [0.15, 0.2) is 28.4 Å². The summed E-state index contributed by atoms with van der Waals surface area (Å²) < 4.78 is 32.3. The Balaban J connectivity index is 1.84. The summed E-state index contributed by atoms with van der Waals surface area (Å²) in [5, 5.41) is 2.88. The molecule has 0 aliphatic rings. The van der Waals surface area contributed by atoms with E-state index in [0.29, 0.717) is 31.9 Å². The van der Waals surface area contributed by atoms with E-state index in [0.717, 1.165) is 16.9 Å². The molecule has 208 valence electrons. The van der Waals surface area contributed by atoms with Gasteiger partial charge in [-0.3, -0.25) is 9.36 Å². The van der Waals surface area contributed by atoms with Crippen molar-refractivity contribution in [3.05, 3.63) is 34.3 Å². The van der Waals surface area contributed by atoms with Gasteiger partial charge in [-0.2, -0.15) is 0 Å². The fourth-order valence-corrected chi connectivity index (χ4v) is 5.34. The number of hydrogen-bond donors (Lipinski definition) is 4. The second-order valence-electron chi connectivity index (χ2n) is 8.25. The molecular formula is C23H34BrN7O6P+. The molecule has 0 bridgehead atoms. The maximum atomic E-state index is 12.9. The van der Waals surface area contributed by atoms with Crippen LogP contribution in [-0.2, 0) is 33.5 Å². The third-order valence-electron chi connectivity index (χ3n) is 5.70. The number of ether oxygens (including phenoxy) is 2. The first-order valence-electron chi connectivity index (χ1n) is 12.1. The zero-order valence-electron chi connectivity index (χ0n) is 21.6. The van der Waals surface area contributed by atoms with E-state index in [-0.39, 0.29) is 47.9 Å². The highest BCUT2D eigenvalue weighted by Crippen LogP contribution is 2.42. The number of nitrogens with one attached hydrogen (secondary N) is 1. The van der Waals surface area contributed by atoms with E-state index >= 15 is 0 Å². The molecule has 3 aromatic rings. The third kappa shape index (κ3) is 7.20. The first kappa shape index (κ1) is 29.8. The lowest BCUT2D eigenvalue weighted by Crippen LogP contribution is -2.42. The van der Waals surface area contributed by atoms with Crippen molar-refractivity contribution >= 4 is 52.1 Å². The number of fused-ring (bicyclic) bond motifs is 1. The normalized spacial score (nSPS) is 13.0. The van der Waals surface area contributed by atoms with Gasteiger partial charge in [0.25, 0.3) is 11.7 Å². The van der Waals surface area contributed by atoms with Gasteiger partial charge in [0, 0.05) is 13.2 Å². The molecule has 0 saturated heterocycles. The number of nitrogens with two attached hydrogens (primary N) is 2. The Morgan fingerprint density at radius 1 is 1.24 bits per heavy atom. The molecule has 2 heterocycles. The molecule has 6 N–H and O–H groups in total. The monoisotopic (exact) mass is 614 g/mol. The number of benzene rings is 1. The lowest BCUT2D eigenvalue weighted by Gasteiger charge is -2.11. The molecule has 1 amide bonds. The van der Waals surface area contributed by atoms with Crippen LogP contribution in [0.3, 0.4) is 0 Å². The maximum absolute atomic E-state index is 12.9. The number of aryl methyl sites for hydroxylation is 1. The number of carbonyl (C=O) groups is 1. The Kier molecular flexibility index (Phi) is 10.5. The zero-order chi connectivity index (χ0) is 27.9. The average molecular weight is 615 g/mol. The Morgan fingerprint density at radius 2 is 2.00 bits per heavy atom. The Labute approximate surface area is 229 Å². The second-order valence-corrected chi connectivity index (χ2v) is 11.0. The standard InChI is InChI=1S/C23H33BrN7O6P/c1-4-30-17-13-15(36-10-6-12-38(33,34)37-5-2)7-8-16(17)31(9-11-35-3)18(30)14-27-23(32)19-21(25)29-22(26)20(24)28-19/h7-8,13H,4-6,9-12,14H2,1-3H3,(H5-,25,26,27,29,32,33,34)/p+1. The number of rotatable bonds is 14. The summed E-state index contributed by atoms with van der Waals surface area (Å²) in [7, 11) is -1.96. The predicted octanol–water partition coefficient (Wildman–Crippen LogP) is 2.23. The topological polar surface area (TPSA) is 181 Å². The van der Waals surface area contributed by atoms with Crippen molar-refractivity contribution in [2.45, 2.75) is 39.9 Å². The van der Waals surface area contributed by atoms with E-state index in [4.69, 9.17) is 25.5 Å². The van der Waals surface area contributed by atoms with Crippen LogP contribution in [0.2, 0.25) is 0 Å². The smallest absolute Gasteiger partial charge is 0.328 e. The van der Waals surface area contributed by atoms with Gasteiger partial charge in [-0.25, -0.2) is 19.1 Å². The summed E-state index contributed by atoms with van der Waals surface area (Å²) in [5.41, 5.74) is 13.4. The summed E-state index contributed by atoms with van der Waals surface area (Å²) in [5.74, 6) is 1.01. The molecule has 13 nitrogen and oxygen atoms in total. The number of hydrogen-bond acceptors (Lipinski definition) is 9. The molecule has 0 aliphatic carbocycles. The summed E-state index contributed by atoms with van der Waals surface area (Å²) in [6.07, 6.45) is 0.397. The fourth-order valence-electron chi connectivity index (χ4n) is 4.01. The van der Waals surface area contributed by atoms with Crippen molar-refractivity contribution in [2.24, 2.45) is 0 Å². The highest BCUT2D eigenvalue weighted by Gasteiger charge is 2.26. The van der Waals surface area contributed by atoms with Gasteiger partial charge in [0.05, 0.1) is 32.5 Å². The fraction of sp³-hybridized carbons (Fsp3) is 0.478. The van der Waals surface area contributed by atoms with Crippen LogP contribution in [0.25, 0.3) is 11.0 Å². The van der Waals surface area contributed by atoms with Crippen molar-refractivity contribution in [1.82, 2.24) is 19.9 Å². The number of nitrogen functional groups attached to an aromatic ring is 2. The van der Waals surface area contributed by atoms with Gasteiger partial charge in [0.1, 0.15) is 23.4 Å². The Morgan fingerprint density at radius 3 is 2.68 bits per heavy atom. The van der Waals surface area contributed by atoms with Crippen LogP contribution in [0.15, 0.2) is 22.8 Å². The molecule has 0 spiro atoms. The minimum absolute atomic E-state index is 0.0226. The molecule has 15 heteroatoms. The zero-order valence-corrected chi connectivity index (χ0v) is 24.1. The molecule has 1 atom stereocenters. The Hall–Kier alpha value is -2.77. The minimum atomic E-state index is -3.59. The molecule has 38 heavy (non-hydrogen) atoms. The summed E-state index contributed by atoms with van der Waals surface area (Å²) >= 11 is 3.18. The average Bonchev–Trinajstić information content (AvgIpc) is 3.17. The SMILES string of the molecule is CCOP(=O)(O)CCCOc1ccc2c(c1)n(CC)c(CNC(=O)c1nc(Br)c(N)nc1N)[n+]2CCOC. The quantitative estimate of drug-likeness (QED) is 0.119. The molecule has 2 aromatic heterocycles. The van der Waals surface area contributed by atoms with Crippen LogP contribution < -0.4 is 26.1 Å². The van der Waals surface area contributed by atoms with Gasteiger partial charge >= 0.3 is 7.60 Å². The van der Waals surface area contributed by atoms with E-state index in [1.807, 2.05) is 25.1 Å². The van der Waals surface area contributed by atoms with Gasteiger partial charge < -0.3 is 35.7 Å². The number of anilines is 2. The minimum Gasteiger partial charge on any atom is -0.493 e. The molecule has 3 rings (SSSR count). The molecule has 0 fully saturated rings. The van der Waals surface area contributed by atoms with Gasteiger partial charge in [-0.15, -0.1) is 0 Å². The number of aromatic nitrogens is 4. The Bertz CT molecular complexity index is 1340. The van der Waals surface area contributed by atoms with Crippen molar-refractivity contribution < 1.29 is 32.8 Å². The molecule has 1 aromatic carbocycles. The first-order valence-corrected chi connectivity index (χ1v) is 14.7. The van der Waals surface area contributed by atoms with Crippen LogP contribution in [-0.4, -0.2) is 58.4 Å². The van der Waals surface area contributed by atoms with Crippen LogP contribution >= 0.6 is 23.5 Å². The van der Waals surface area contributed by atoms with Crippen LogP contribution in [0, 0.1) is 0 Å². The predicted molar refractivity (Wildman–Crippen MR) is 146 cm³/mol. The van der Waals surface area contributed by atoms with Crippen molar-refractivity contribution in [1.29, 1.82) is 0 Å². The van der Waals surface area contributed by atoms with Crippen LogP contribution in [0.5, 0.6) is 5.75 Å². The lowest BCUT2D eigenvalue weighted by atomic mass is 10.3. The van der Waals surface area contributed by atoms with E-state index in [1.54, 1.807) is 14.0 Å². The number of carbonyl (C=O) groups excluding carboxylic acids is 1. The molecule has 0 saturated carbocycles.